The predicted molar refractivity (Wildman–Crippen MR) is 89.3 cm³/mol. The Morgan fingerprint density at radius 3 is 2.54 bits per heavy atom. The molecule has 2 aromatic carbocycles. The van der Waals surface area contributed by atoms with Gasteiger partial charge in [-0.2, -0.15) is 0 Å². The first-order valence-electron chi connectivity index (χ1n) is 7.22. The van der Waals surface area contributed by atoms with Crippen molar-refractivity contribution in [1.29, 1.82) is 0 Å². The van der Waals surface area contributed by atoms with Crippen LogP contribution in [0.2, 0.25) is 10.0 Å². The first kappa shape index (κ1) is 18.6. The summed E-state index contributed by atoms with van der Waals surface area (Å²) in [4.78, 5) is 9.75. The molecule has 0 saturated heterocycles. The minimum absolute atomic E-state index is 0.0502. The molecule has 5 nitrogen and oxygen atoms in total. The fourth-order valence-corrected chi connectivity index (χ4v) is 2.77. The maximum Gasteiger partial charge on any atom is 0.573 e. The van der Waals surface area contributed by atoms with Crippen LogP contribution in [-0.2, 0) is 11.4 Å². The number of hydrogen-bond donors (Lipinski definition) is 1. The van der Waals surface area contributed by atoms with Gasteiger partial charge in [0.25, 0.3) is 0 Å². The number of halogens is 5. The molecule has 0 spiro atoms. The molecule has 3 rings (SSSR count). The molecule has 0 unspecified atom stereocenters. The number of phenolic OH excluding ortho intramolecular Hbond substituents is 1. The van der Waals surface area contributed by atoms with Gasteiger partial charge >= 0.3 is 6.36 Å². The van der Waals surface area contributed by atoms with Crippen LogP contribution in [0.1, 0.15) is 11.1 Å². The molecule has 138 valence electrons. The number of phenols is 1. The highest BCUT2D eigenvalue weighted by Crippen LogP contribution is 2.33. The molecular weight excluding hydrogens is 396 g/mol. The number of aliphatic imine (C=N–C) groups is 1. The number of alkyl halides is 3. The lowest BCUT2D eigenvalue weighted by atomic mass is 10.2. The summed E-state index contributed by atoms with van der Waals surface area (Å²) in [6.07, 6.45) is -4.75. The van der Waals surface area contributed by atoms with Gasteiger partial charge in [-0.1, -0.05) is 35.3 Å². The topological polar surface area (TPSA) is 54.3 Å². The number of benzene rings is 2. The highest BCUT2D eigenvalue weighted by atomic mass is 35.5. The Balaban J connectivity index is 1.67. The molecule has 1 aliphatic rings. The molecule has 1 heterocycles. The average Bonchev–Trinajstić information content (AvgIpc) is 2.99. The van der Waals surface area contributed by atoms with Crippen LogP contribution in [0.4, 0.5) is 13.2 Å². The Hall–Kier alpha value is -2.16. The van der Waals surface area contributed by atoms with E-state index in [-0.39, 0.29) is 40.7 Å². The van der Waals surface area contributed by atoms with E-state index in [2.05, 4.69) is 9.73 Å². The van der Waals surface area contributed by atoms with Gasteiger partial charge in [-0.3, -0.25) is 0 Å². The number of aromatic hydroxyl groups is 1. The van der Waals surface area contributed by atoms with Crippen LogP contribution in [0.3, 0.4) is 0 Å². The summed E-state index contributed by atoms with van der Waals surface area (Å²) in [6.45, 7) is 0.345. The molecular formula is C16H11Cl2F3N2O3. The molecule has 0 aromatic heterocycles. The highest BCUT2D eigenvalue weighted by molar-refractivity contribution is 6.37. The van der Waals surface area contributed by atoms with Crippen LogP contribution in [0.15, 0.2) is 41.4 Å². The molecule has 0 bridgehead atoms. The molecule has 0 radical (unpaired) electrons. The van der Waals surface area contributed by atoms with Gasteiger partial charge in [0.15, 0.2) is 5.75 Å². The van der Waals surface area contributed by atoms with E-state index < -0.39 is 6.36 Å². The second kappa shape index (κ2) is 7.22. The Morgan fingerprint density at radius 1 is 1.19 bits per heavy atom. The van der Waals surface area contributed by atoms with Crippen LogP contribution in [0.25, 0.3) is 0 Å². The molecule has 0 aliphatic carbocycles. The van der Waals surface area contributed by atoms with Crippen LogP contribution < -0.4 is 4.74 Å². The van der Waals surface area contributed by atoms with Gasteiger partial charge in [-0.05, 0) is 29.8 Å². The molecule has 26 heavy (non-hydrogen) atoms. The minimum Gasteiger partial charge on any atom is -0.505 e. The van der Waals surface area contributed by atoms with Crippen LogP contribution in [0.5, 0.6) is 11.5 Å². The quantitative estimate of drug-likeness (QED) is 0.795. The smallest absolute Gasteiger partial charge is 0.505 e. The van der Waals surface area contributed by atoms with Crippen molar-refractivity contribution in [3.05, 3.63) is 57.6 Å². The third-order valence-electron chi connectivity index (χ3n) is 3.34. The number of rotatable bonds is 4. The van der Waals surface area contributed by atoms with E-state index in [9.17, 15) is 18.3 Å². The lowest BCUT2D eigenvalue weighted by Crippen LogP contribution is -2.21. The molecule has 1 N–H and O–H groups in total. The Bertz CT molecular complexity index is 836. The second-order valence-corrected chi connectivity index (χ2v) is 6.13. The van der Waals surface area contributed by atoms with Crippen molar-refractivity contribution in [1.82, 2.24) is 5.06 Å². The van der Waals surface area contributed by atoms with Gasteiger partial charge in [-0.25, -0.2) is 4.99 Å². The van der Waals surface area contributed by atoms with Gasteiger partial charge < -0.3 is 14.7 Å². The summed E-state index contributed by atoms with van der Waals surface area (Å²) in [5, 5.41) is 11.1. The van der Waals surface area contributed by atoms with Crippen LogP contribution in [-0.4, -0.2) is 29.1 Å². The van der Waals surface area contributed by atoms with Crippen molar-refractivity contribution in [2.24, 2.45) is 4.99 Å². The third kappa shape index (κ3) is 4.51. The van der Waals surface area contributed by atoms with E-state index >= 15 is 0 Å². The lowest BCUT2D eigenvalue weighted by Gasteiger charge is -2.16. The van der Waals surface area contributed by atoms with E-state index in [1.807, 2.05) is 0 Å². The zero-order valence-corrected chi connectivity index (χ0v) is 14.4. The van der Waals surface area contributed by atoms with E-state index in [1.165, 1.54) is 35.4 Å². The average molecular weight is 407 g/mol. The van der Waals surface area contributed by atoms with Gasteiger partial charge in [-0.15, -0.1) is 18.2 Å². The summed E-state index contributed by atoms with van der Waals surface area (Å²) < 4.78 is 40.8. The van der Waals surface area contributed by atoms with Crippen LogP contribution >= 0.6 is 23.2 Å². The number of ether oxygens (including phenoxy) is 1. The maximum absolute atomic E-state index is 12.3. The van der Waals surface area contributed by atoms with Gasteiger partial charge in [0, 0.05) is 5.56 Å². The highest BCUT2D eigenvalue weighted by Gasteiger charge is 2.31. The zero-order chi connectivity index (χ0) is 18.9. The fourth-order valence-electron chi connectivity index (χ4n) is 2.28. The monoisotopic (exact) mass is 406 g/mol. The van der Waals surface area contributed by atoms with Crippen LogP contribution in [0, 0.1) is 0 Å². The summed E-state index contributed by atoms with van der Waals surface area (Å²) >= 11 is 11.7. The maximum atomic E-state index is 12.3. The number of nitrogens with zero attached hydrogens (tertiary/aromatic N) is 2. The standard InChI is InChI=1S/C16H11Cl2F3N2O3/c17-12-5-10(6-13(18)14(12)24)15-22-8-23(26-15)7-9-2-1-3-11(4-9)25-16(19,20)21/h1-6,24H,7-8H2. The van der Waals surface area contributed by atoms with Crippen molar-refractivity contribution < 1.29 is 27.9 Å². The number of hydroxylamine groups is 2. The number of hydrogen-bond acceptors (Lipinski definition) is 5. The summed E-state index contributed by atoms with van der Waals surface area (Å²) in [7, 11) is 0. The van der Waals surface area contributed by atoms with Crippen molar-refractivity contribution in [3.63, 3.8) is 0 Å². The van der Waals surface area contributed by atoms with E-state index in [4.69, 9.17) is 28.0 Å². The first-order chi connectivity index (χ1) is 12.2. The minimum atomic E-state index is -4.75. The zero-order valence-electron chi connectivity index (χ0n) is 12.9. The molecule has 0 fully saturated rings. The molecule has 10 heteroatoms. The molecule has 2 aromatic rings. The molecule has 0 atom stereocenters. The third-order valence-corrected chi connectivity index (χ3v) is 3.92. The van der Waals surface area contributed by atoms with Crippen molar-refractivity contribution in [2.75, 3.05) is 6.67 Å². The fraction of sp³-hybridized carbons (Fsp3) is 0.188. The summed E-state index contributed by atoms with van der Waals surface area (Å²) in [5.74, 6) is -0.321. The van der Waals surface area contributed by atoms with Crippen molar-refractivity contribution in [2.45, 2.75) is 12.9 Å². The van der Waals surface area contributed by atoms with Gasteiger partial charge in [0.1, 0.15) is 12.4 Å². The second-order valence-electron chi connectivity index (χ2n) is 5.32. The van der Waals surface area contributed by atoms with Crippen molar-refractivity contribution in [3.8, 4) is 11.5 Å². The predicted octanol–water partition coefficient (Wildman–Crippen LogP) is 4.75. The van der Waals surface area contributed by atoms with E-state index in [1.54, 1.807) is 6.07 Å². The largest absolute Gasteiger partial charge is 0.573 e. The Kier molecular flexibility index (Phi) is 5.17. The van der Waals surface area contributed by atoms with E-state index in [0.717, 1.165) is 0 Å². The van der Waals surface area contributed by atoms with Gasteiger partial charge in [0.2, 0.25) is 5.90 Å². The normalized spacial score (nSPS) is 14.9. The SMILES string of the molecule is Oc1c(Cl)cc(C2=NCN(Cc3cccc(OC(F)(F)F)c3)O2)cc1Cl. The summed E-state index contributed by atoms with van der Waals surface area (Å²) in [5.41, 5.74) is 1.01. The van der Waals surface area contributed by atoms with Crippen molar-refractivity contribution >= 4 is 29.1 Å². The lowest BCUT2D eigenvalue weighted by molar-refractivity contribution is -0.274. The van der Waals surface area contributed by atoms with E-state index in [0.29, 0.717) is 11.1 Å². The first-order valence-corrected chi connectivity index (χ1v) is 7.97. The molecule has 0 amide bonds. The molecule has 1 aliphatic heterocycles. The Labute approximate surface area is 156 Å². The van der Waals surface area contributed by atoms with Gasteiger partial charge in [0.05, 0.1) is 16.6 Å². The molecule has 0 saturated carbocycles. The summed E-state index contributed by atoms with van der Waals surface area (Å²) in [6, 6.07) is 8.46. The Morgan fingerprint density at radius 2 is 1.88 bits per heavy atom.